The van der Waals surface area contributed by atoms with Crippen molar-refractivity contribution in [2.75, 3.05) is 0 Å². The van der Waals surface area contributed by atoms with Gasteiger partial charge < -0.3 is 0 Å². The number of rotatable bonds is 2. The maximum Gasteiger partial charge on any atom is 0.0719 e. The molecule has 2 heterocycles. The zero-order valence-corrected chi connectivity index (χ0v) is 15.3. The molecule has 124 valence electrons. The molecule has 0 unspecified atom stereocenters. The number of fused-ring (bicyclic) bond motifs is 3. The molecular weight excluding hydrogens is 334 g/mol. The van der Waals surface area contributed by atoms with Crippen molar-refractivity contribution in [3.8, 4) is 22.4 Å². The molecule has 0 saturated heterocycles. The van der Waals surface area contributed by atoms with Gasteiger partial charge in [-0.2, -0.15) is 0 Å². The van der Waals surface area contributed by atoms with Crippen molar-refractivity contribution in [2.24, 2.45) is 0 Å². The molecule has 0 fully saturated rings. The fraction of sp³-hybridized carbons (Fsp3) is 0.0417. The Morgan fingerprint density at radius 2 is 1.50 bits per heavy atom. The molecule has 0 spiro atoms. The van der Waals surface area contributed by atoms with E-state index < -0.39 is 0 Å². The summed E-state index contributed by atoms with van der Waals surface area (Å²) in [5.41, 5.74) is 5.91. The number of pyridine rings is 1. The van der Waals surface area contributed by atoms with Crippen LogP contribution in [0, 0.1) is 6.92 Å². The summed E-state index contributed by atoms with van der Waals surface area (Å²) < 4.78 is 2.64. The highest BCUT2D eigenvalue weighted by atomic mass is 32.1. The highest BCUT2D eigenvalue weighted by molar-refractivity contribution is 7.26. The fourth-order valence-electron chi connectivity index (χ4n) is 3.57. The van der Waals surface area contributed by atoms with Crippen LogP contribution in [0.1, 0.15) is 5.56 Å². The lowest BCUT2D eigenvalue weighted by molar-refractivity contribution is 1.29. The van der Waals surface area contributed by atoms with E-state index in [2.05, 4.69) is 79.7 Å². The SMILES string of the molecule is Cc1cc(-c2cccc3c2sc2ccccc23)ncc1-c1ccccc1. The first-order valence-electron chi connectivity index (χ1n) is 8.74. The second kappa shape index (κ2) is 6.08. The minimum Gasteiger partial charge on any atom is -0.256 e. The number of nitrogens with zero attached hydrogens (tertiary/aromatic N) is 1. The van der Waals surface area contributed by atoms with Crippen molar-refractivity contribution in [1.29, 1.82) is 0 Å². The van der Waals surface area contributed by atoms with Crippen LogP contribution in [0.3, 0.4) is 0 Å². The van der Waals surface area contributed by atoms with E-state index in [4.69, 9.17) is 4.98 Å². The molecule has 26 heavy (non-hydrogen) atoms. The van der Waals surface area contributed by atoms with E-state index in [9.17, 15) is 0 Å². The van der Waals surface area contributed by atoms with Gasteiger partial charge >= 0.3 is 0 Å². The van der Waals surface area contributed by atoms with Gasteiger partial charge in [0.05, 0.1) is 5.69 Å². The van der Waals surface area contributed by atoms with E-state index in [-0.39, 0.29) is 0 Å². The lowest BCUT2D eigenvalue weighted by atomic mass is 10.00. The average Bonchev–Trinajstić information content (AvgIpc) is 3.07. The van der Waals surface area contributed by atoms with Gasteiger partial charge in [0.25, 0.3) is 0 Å². The molecule has 1 nitrogen and oxygen atoms in total. The normalized spacial score (nSPS) is 11.3. The highest BCUT2D eigenvalue weighted by Gasteiger charge is 2.12. The molecule has 0 radical (unpaired) electrons. The lowest BCUT2D eigenvalue weighted by Gasteiger charge is -2.09. The van der Waals surface area contributed by atoms with Crippen LogP contribution in [-0.2, 0) is 0 Å². The van der Waals surface area contributed by atoms with Crippen molar-refractivity contribution in [3.05, 3.63) is 90.6 Å². The van der Waals surface area contributed by atoms with Crippen molar-refractivity contribution in [1.82, 2.24) is 4.98 Å². The second-order valence-electron chi connectivity index (χ2n) is 6.53. The first-order valence-corrected chi connectivity index (χ1v) is 9.55. The Bertz CT molecular complexity index is 1240. The molecule has 3 aromatic carbocycles. The van der Waals surface area contributed by atoms with Crippen LogP contribution in [-0.4, -0.2) is 4.98 Å². The monoisotopic (exact) mass is 351 g/mol. The van der Waals surface area contributed by atoms with Gasteiger partial charge in [-0.25, -0.2) is 0 Å². The fourth-order valence-corrected chi connectivity index (χ4v) is 4.80. The maximum absolute atomic E-state index is 4.81. The molecule has 0 aliphatic heterocycles. The zero-order valence-electron chi connectivity index (χ0n) is 14.4. The zero-order chi connectivity index (χ0) is 17.5. The largest absolute Gasteiger partial charge is 0.256 e. The summed E-state index contributed by atoms with van der Waals surface area (Å²) in [6, 6.07) is 27.8. The predicted octanol–water partition coefficient (Wildman–Crippen LogP) is 7.09. The summed E-state index contributed by atoms with van der Waals surface area (Å²) in [4.78, 5) is 4.81. The van der Waals surface area contributed by atoms with Gasteiger partial charge in [-0.1, -0.05) is 66.7 Å². The van der Waals surface area contributed by atoms with Gasteiger partial charge in [-0.3, -0.25) is 4.98 Å². The third-order valence-electron chi connectivity index (χ3n) is 4.88. The van der Waals surface area contributed by atoms with Crippen molar-refractivity contribution in [3.63, 3.8) is 0 Å². The Morgan fingerprint density at radius 3 is 2.35 bits per heavy atom. The van der Waals surface area contributed by atoms with Crippen molar-refractivity contribution >= 4 is 31.5 Å². The molecular formula is C24H17NS. The number of hydrogen-bond acceptors (Lipinski definition) is 2. The minimum atomic E-state index is 1.04. The standard InChI is InChI=1S/C24H17NS/c1-16-14-22(25-15-21(16)17-8-3-2-4-9-17)20-12-7-11-19-18-10-5-6-13-23(18)26-24(19)20/h2-15H,1H3. The van der Waals surface area contributed by atoms with E-state index in [1.165, 1.54) is 42.4 Å². The summed E-state index contributed by atoms with van der Waals surface area (Å²) in [6.07, 6.45) is 2.01. The first-order chi connectivity index (χ1) is 12.8. The van der Waals surface area contributed by atoms with Crippen LogP contribution in [0.4, 0.5) is 0 Å². The van der Waals surface area contributed by atoms with Gasteiger partial charge in [0, 0.05) is 37.5 Å². The lowest BCUT2D eigenvalue weighted by Crippen LogP contribution is -1.89. The number of hydrogen-bond donors (Lipinski definition) is 0. The maximum atomic E-state index is 4.81. The van der Waals surface area contributed by atoms with Gasteiger partial charge in [-0.05, 0) is 30.2 Å². The van der Waals surface area contributed by atoms with E-state index in [0.717, 1.165) is 5.69 Å². The summed E-state index contributed by atoms with van der Waals surface area (Å²) in [6.45, 7) is 2.17. The van der Waals surface area contributed by atoms with Crippen LogP contribution >= 0.6 is 11.3 Å². The molecule has 0 bridgehead atoms. The molecule has 0 aliphatic carbocycles. The summed E-state index contributed by atoms with van der Waals surface area (Å²) in [5, 5.41) is 2.64. The van der Waals surface area contributed by atoms with E-state index >= 15 is 0 Å². The number of aromatic nitrogens is 1. The molecule has 5 aromatic rings. The molecule has 0 amide bonds. The van der Waals surface area contributed by atoms with Crippen LogP contribution in [0.25, 0.3) is 42.6 Å². The molecule has 2 heteroatoms. The first kappa shape index (κ1) is 15.3. The number of benzene rings is 3. The van der Waals surface area contributed by atoms with E-state index in [0.29, 0.717) is 0 Å². The van der Waals surface area contributed by atoms with Crippen LogP contribution < -0.4 is 0 Å². The second-order valence-corrected chi connectivity index (χ2v) is 7.58. The molecule has 0 atom stereocenters. The third kappa shape index (κ3) is 2.42. The van der Waals surface area contributed by atoms with Crippen molar-refractivity contribution < 1.29 is 0 Å². The van der Waals surface area contributed by atoms with Crippen LogP contribution in [0.15, 0.2) is 85.1 Å². The summed E-state index contributed by atoms with van der Waals surface area (Å²) >= 11 is 1.85. The quantitative estimate of drug-likeness (QED) is 0.331. The van der Waals surface area contributed by atoms with Crippen molar-refractivity contribution in [2.45, 2.75) is 6.92 Å². The third-order valence-corrected chi connectivity index (χ3v) is 6.10. The Balaban J connectivity index is 1.70. The average molecular weight is 351 g/mol. The highest BCUT2D eigenvalue weighted by Crippen LogP contribution is 2.39. The van der Waals surface area contributed by atoms with Gasteiger partial charge in [0.2, 0.25) is 0 Å². The molecule has 5 rings (SSSR count). The molecule has 2 aromatic heterocycles. The number of aryl methyl sites for hydroxylation is 1. The van der Waals surface area contributed by atoms with E-state index in [1.807, 2.05) is 23.6 Å². The molecule has 0 aliphatic rings. The summed E-state index contributed by atoms with van der Waals surface area (Å²) in [5.74, 6) is 0. The Kier molecular flexibility index (Phi) is 3.58. The summed E-state index contributed by atoms with van der Waals surface area (Å²) in [7, 11) is 0. The smallest absolute Gasteiger partial charge is 0.0719 e. The van der Waals surface area contributed by atoms with Gasteiger partial charge in [0.15, 0.2) is 0 Å². The van der Waals surface area contributed by atoms with Crippen LogP contribution in [0.2, 0.25) is 0 Å². The molecule has 0 saturated carbocycles. The van der Waals surface area contributed by atoms with Gasteiger partial charge in [-0.15, -0.1) is 11.3 Å². The van der Waals surface area contributed by atoms with Crippen LogP contribution in [0.5, 0.6) is 0 Å². The predicted molar refractivity (Wildman–Crippen MR) is 113 cm³/mol. The topological polar surface area (TPSA) is 12.9 Å². The number of thiophene rings is 1. The van der Waals surface area contributed by atoms with Gasteiger partial charge in [0.1, 0.15) is 0 Å². The Hall–Kier alpha value is -2.97. The van der Waals surface area contributed by atoms with E-state index in [1.54, 1.807) is 0 Å². The molecule has 0 N–H and O–H groups in total. The Labute approximate surface area is 156 Å². The minimum absolute atomic E-state index is 1.04. The Morgan fingerprint density at radius 1 is 0.731 bits per heavy atom.